The van der Waals surface area contributed by atoms with Crippen LogP contribution in [0.4, 0.5) is 18.9 Å². The van der Waals surface area contributed by atoms with Gasteiger partial charge in [0.25, 0.3) is 0 Å². The van der Waals surface area contributed by atoms with Crippen molar-refractivity contribution in [2.24, 2.45) is 0 Å². The lowest BCUT2D eigenvalue weighted by Gasteiger charge is -2.16. The third-order valence-corrected chi connectivity index (χ3v) is 2.86. The summed E-state index contributed by atoms with van der Waals surface area (Å²) in [7, 11) is 1.50. The van der Waals surface area contributed by atoms with E-state index in [9.17, 15) is 22.8 Å². The summed E-state index contributed by atoms with van der Waals surface area (Å²) in [6, 6.07) is 3.92. The molecule has 0 aromatic heterocycles. The van der Waals surface area contributed by atoms with Gasteiger partial charge < -0.3 is 10.2 Å². The van der Waals surface area contributed by atoms with Crippen LogP contribution in [-0.2, 0) is 15.8 Å². The molecule has 7 heteroatoms. The standard InChI is InChI=1S/C14H17F3N2O2/c1-3-4-9-19(2)13(21)12(20)18-11-7-5-10(6-8-11)14(15,16)17/h5-8H,3-4,9H2,1-2H3,(H,18,20). The molecule has 0 heterocycles. The van der Waals surface area contributed by atoms with Gasteiger partial charge in [-0.15, -0.1) is 0 Å². The summed E-state index contributed by atoms with van der Waals surface area (Å²) >= 11 is 0. The van der Waals surface area contributed by atoms with E-state index in [0.717, 1.165) is 37.1 Å². The van der Waals surface area contributed by atoms with E-state index in [1.807, 2.05) is 6.92 Å². The molecule has 0 aliphatic heterocycles. The van der Waals surface area contributed by atoms with Crippen molar-refractivity contribution in [2.75, 3.05) is 18.9 Å². The maximum Gasteiger partial charge on any atom is 0.416 e. The summed E-state index contributed by atoms with van der Waals surface area (Å²) in [6.45, 7) is 2.41. The molecule has 0 saturated carbocycles. The summed E-state index contributed by atoms with van der Waals surface area (Å²) in [5.41, 5.74) is -0.669. The fourth-order valence-corrected chi connectivity index (χ4v) is 1.60. The Bertz CT molecular complexity index is 498. The molecule has 2 amide bonds. The van der Waals surface area contributed by atoms with Gasteiger partial charge in [0.2, 0.25) is 0 Å². The highest BCUT2D eigenvalue weighted by Crippen LogP contribution is 2.29. The van der Waals surface area contributed by atoms with Crippen molar-refractivity contribution in [3.63, 3.8) is 0 Å². The van der Waals surface area contributed by atoms with Crippen molar-refractivity contribution >= 4 is 17.5 Å². The monoisotopic (exact) mass is 302 g/mol. The Morgan fingerprint density at radius 2 is 1.76 bits per heavy atom. The van der Waals surface area contributed by atoms with Crippen molar-refractivity contribution in [3.8, 4) is 0 Å². The van der Waals surface area contributed by atoms with Crippen molar-refractivity contribution in [1.29, 1.82) is 0 Å². The minimum absolute atomic E-state index is 0.144. The molecule has 0 fully saturated rings. The summed E-state index contributed by atoms with van der Waals surface area (Å²) in [4.78, 5) is 24.7. The Hall–Kier alpha value is -2.05. The van der Waals surface area contributed by atoms with Crippen LogP contribution < -0.4 is 5.32 Å². The average molecular weight is 302 g/mol. The maximum absolute atomic E-state index is 12.4. The number of likely N-dealkylation sites (N-methyl/N-ethyl adjacent to an activating group) is 1. The Morgan fingerprint density at radius 3 is 2.24 bits per heavy atom. The lowest BCUT2D eigenvalue weighted by molar-refractivity contribution is -0.142. The topological polar surface area (TPSA) is 49.4 Å². The van der Waals surface area contributed by atoms with Gasteiger partial charge in [-0.05, 0) is 30.7 Å². The van der Waals surface area contributed by atoms with Crippen LogP contribution in [0.1, 0.15) is 25.3 Å². The quantitative estimate of drug-likeness (QED) is 0.869. The van der Waals surface area contributed by atoms with Crippen LogP contribution in [0.25, 0.3) is 0 Å². The van der Waals surface area contributed by atoms with Gasteiger partial charge in [0.1, 0.15) is 0 Å². The van der Waals surface area contributed by atoms with E-state index < -0.39 is 23.6 Å². The number of hydrogen-bond donors (Lipinski definition) is 1. The molecule has 1 aromatic carbocycles. The average Bonchev–Trinajstić information content (AvgIpc) is 2.43. The molecule has 1 aromatic rings. The molecule has 1 rings (SSSR count). The second-order valence-electron chi connectivity index (χ2n) is 4.61. The molecular weight excluding hydrogens is 285 g/mol. The molecule has 0 unspecified atom stereocenters. The number of anilines is 1. The van der Waals surface area contributed by atoms with Gasteiger partial charge >= 0.3 is 18.0 Å². The Balaban J connectivity index is 2.64. The number of rotatable bonds is 4. The van der Waals surface area contributed by atoms with Gasteiger partial charge in [-0.25, -0.2) is 0 Å². The Labute approximate surface area is 120 Å². The summed E-state index contributed by atoms with van der Waals surface area (Å²) in [6.07, 6.45) is -2.77. The zero-order chi connectivity index (χ0) is 16.0. The number of unbranched alkanes of at least 4 members (excludes halogenated alkanes) is 1. The van der Waals surface area contributed by atoms with Crippen LogP contribution in [0, 0.1) is 0 Å². The molecule has 0 bridgehead atoms. The smallest absolute Gasteiger partial charge is 0.338 e. The van der Waals surface area contributed by atoms with Crippen LogP contribution in [0.3, 0.4) is 0 Å². The number of nitrogens with zero attached hydrogens (tertiary/aromatic N) is 1. The first kappa shape index (κ1) is 17.0. The fraction of sp³-hybridized carbons (Fsp3) is 0.429. The third-order valence-electron chi connectivity index (χ3n) is 2.86. The number of carbonyl (C=O) groups excluding carboxylic acids is 2. The van der Waals surface area contributed by atoms with Crippen molar-refractivity contribution in [2.45, 2.75) is 25.9 Å². The Kier molecular flexibility index (Phi) is 5.75. The minimum Gasteiger partial charge on any atom is -0.338 e. The molecule has 0 radical (unpaired) electrons. The first-order chi connectivity index (χ1) is 9.75. The number of hydrogen-bond acceptors (Lipinski definition) is 2. The number of amides is 2. The summed E-state index contributed by atoms with van der Waals surface area (Å²) < 4.78 is 37.2. The highest BCUT2D eigenvalue weighted by molar-refractivity contribution is 6.39. The van der Waals surface area contributed by atoms with Gasteiger partial charge in [-0.3, -0.25) is 9.59 Å². The molecule has 0 saturated heterocycles. The molecule has 116 valence electrons. The van der Waals surface area contributed by atoms with Gasteiger partial charge in [0.05, 0.1) is 5.56 Å². The third kappa shape index (κ3) is 5.09. The molecule has 4 nitrogen and oxygen atoms in total. The van der Waals surface area contributed by atoms with Crippen molar-refractivity contribution < 1.29 is 22.8 Å². The van der Waals surface area contributed by atoms with Crippen molar-refractivity contribution in [3.05, 3.63) is 29.8 Å². The van der Waals surface area contributed by atoms with Crippen LogP contribution in [0.2, 0.25) is 0 Å². The zero-order valence-electron chi connectivity index (χ0n) is 11.8. The maximum atomic E-state index is 12.4. The molecule has 1 N–H and O–H groups in total. The molecule has 0 aliphatic rings. The van der Waals surface area contributed by atoms with E-state index >= 15 is 0 Å². The Morgan fingerprint density at radius 1 is 1.19 bits per heavy atom. The van der Waals surface area contributed by atoms with E-state index in [-0.39, 0.29) is 5.69 Å². The minimum atomic E-state index is -4.43. The lowest BCUT2D eigenvalue weighted by atomic mass is 10.2. The first-order valence-electron chi connectivity index (χ1n) is 6.49. The number of nitrogens with one attached hydrogen (secondary N) is 1. The highest BCUT2D eigenvalue weighted by atomic mass is 19.4. The number of halogens is 3. The van der Waals surface area contributed by atoms with E-state index in [2.05, 4.69) is 5.32 Å². The number of carbonyl (C=O) groups is 2. The lowest BCUT2D eigenvalue weighted by Crippen LogP contribution is -2.37. The molecular formula is C14H17F3N2O2. The van der Waals surface area contributed by atoms with Gasteiger partial charge in [-0.2, -0.15) is 13.2 Å². The van der Waals surface area contributed by atoms with Crippen LogP contribution >= 0.6 is 0 Å². The second kappa shape index (κ2) is 7.10. The van der Waals surface area contributed by atoms with Gasteiger partial charge in [0, 0.05) is 19.3 Å². The van der Waals surface area contributed by atoms with Gasteiger partial charge in [-0.1, -0.05) is 13.3 Å². The van der Waals surface area contributed by atoms with E-state index in [1.54, 1.807) is 0 Å². The second-order valence-corrected chi connectivity index (χ2v) is 4.61. The predicted molar refractivity (Wildman–Crippen MR) is 72.6 cm³/mol. The van der Waals surface area contributed by atoms with E-state index in [1.165, 1.54) is 11.9 Å². The summed E-state index contributed by atoms with van der Waals surface area (Å²) in [5.74, 6) is -1.59. The zero-order valence-corrected chi connectivity index (χ0v) is 11.8. The fourth-order valence-electron chi connectivity index (χ4n) is 1.60. The number of benzene rings is 1. The van der Waals surface area contributed by atoms with Crippen LogP contribution in [-0.4, -0.2) is 30.3 Å². The largest absolute Gasteiger partial charge is 0.416 e. The predicted octanol–water partition coefficient (Wildman–Crippen LogP) is 2.90. The normalized spacial score (nSPS) is 11.1. The molecule has 0 atom stereocenters. The highest BCUT2D eigenvalue weighted by Gasteiger charge is 2.30. The number of alkyl halides is 3. The SMILES string of the molecule is CCCCN(C)C(=O)C(=O)Nc1ccc(C(F)(F)F)cc1. The molecule has 0 aliphatic carbocycles. The molecule has 21 heavy (non-hydrogen) atoms. The van der Waals surface area contributed by atoms with E-state index in [4.69, 9.17) is 0 Å². The van der Waals surface area contributed by atoms with Crippen LogP contribution in [0.5, 0.6) is 0 Å². The van der Waals surface area contributed by atoms with Gasteiger partial charge in [0.15, 0.2) is 0 Å². The first-order valence-corrected chi connectivity index (χ1v) is 6.49. The van der Waals surface area contributed by atoms with E-state index in [0.29, 0.717) is 6.54 Å². The summed E-state index contributed by atoms with van der Waals surface area (Å²) in [5, 5.41) is 2.28. The van der Waals surface area contributed by atoms with Crippen molar-refractivity contribution in [1.82, 2.24) is 4.90 Å². The van der Waals surface area contributed by atoms with Crippen LogP contribution in [0.15, 0.2) is 24.3 Å². The molecule has 0 spiro atoms.